The number of likely N-dealkylation sites (tertiary alicyclic amines) is 1. The Morgan fingerprint density at radius 1 is 1.13 bits per heavy atom. The Balaban J connectivity index is 1.47. The molecule has 1 aliphatic rings. The van der Waals surface area contributed by atoms with Crippen LogP contribution in [0.3, 0.4) is 0 Å². The quantitative estimate of drug-likeness (QED) is 0.746. The van der Waals surface area contributed by atoms with E-state index in [4.69, 9.17) is 0 Å². The maximum Gasteiger partial charge on any atom is 0.231 e. The summed E-state index contributed by atoms with van der Waals surface area (Å²) in [6, 6.07) is 3.55. The van der Waals surface area contributed by atoms with E-state index in [9.17, 15) is 4.79 Å². The van der Waals surface area contributed by atoms with Gasteiger partial charge in [-0.1, -0.05) is 0 Å². The molecule has 0 saturated carbocycles. The lowest BCUT2D eigenvalue weighted by Crippen LogP contribution is -2.27. The van der Waals surface area contributed by atoms with E-state index < -0.39 is 0 Å². The Hall–Kier alpha value is -2.77. The number of rotatable bonds is 7. The molecule has 8 heteroatoms. The number of anilines is 3. The molecule has 3 rings (SSSR count). The number of hydrogen-bond acceptors (Lipinski definition) is 7. The Morgan fingerprint density at radius 3 is 2.74 bits per heavy atom. The molecule has 0 bridgehead atoms. The van der Waals surface area contributed by atoms with Crippen LogP contribution in [-0.4, -0.2) is 50.4 Å². The Bertz CT molecular complexity index is 649. The first-order valence-corrected chi connectivity index (χ1v) is 7.70. The lowest BCUT2D eigenvalue weighted by molar-refractivity contribution is -0.127. The summed E-state index contributed by atoms with van der Waals surface area (Å²) in [5.74, 6) is 1.89. The second-order valence-corrected chi connectivity index (χ2v) is 5.23. The molecule has 2 aromatic heterocycles. The molecule has 0 unspecified atom stereocenters. The van der Waals surface area contributed by atoms with Gasteiger partial charge in [-0.15, -0.1) is 0 Å². The van der Waals surface area contributed by atoms with Crippen molar-refractivity contribution in [1.82, 2.24) is 24.8 Å². The minimum absolute atomic E-state index is 0.265. The normalized spacial score (nSPS) is 14.1. The van der Waals surface area contributed by atoms with E-state index in [0.29, 0.717) is 18.3 Å². The summed E-state index contributed by atoms with van der Waals surface area (Å²) in [6.45, 7) is 2.43. The van der Waals surface area contributed by atoms with Gasteiger partial charge in [0.15, 0.2) is 0 Å². The second kappa shape index (κ2) is 7.48. The monoisotopic (exact) mass is 313 g/mol. The number of amides is 1. The molecule has 8 nitrogen and oxygen atoms in total. The van der Waals surface area contributed by atoms with Crippen molar-refractivity contribution < 1.29 is 4.79 Å². The van der Waals surface area contributed by atoms with Gasteiger partial charge in [-0.2, -0.15) is 4.98 Å². The first kappa shape index (κ1) is 15.1. The van der Waals surface area contributed by atoms with Crippen LogP contribution in [-0.2, 0) is 4.79 Å². The zero-order valence-corrected chi connectivity index (χ0v) is 12.8. The van der Waals surface area contributed by atoms with Gasteiger partial charge in [-0.25, -0.2) is 15.0 Å². The molecule has 0 aromatic carbocycles. The number of carbonyl (C=O) groups is 1. The van der Waals surface area contributed by atoms with Crippen molar-refractivity contribution in [3.63, 3.8) is 0 Å². The van der Waals surface area contributed by atoms with Gasteiger partial charge in [0.05, 0.1) is 0 Å². The van der Waals surface area contributed by atoms with Gasteiger partial charge in [0, 0.05) is 44.6 Å². The number of nitrogens with one attached hydrogen (secondary N) is 2. The molecule has 2 aromatic rings. The molecule has 2 N–H and O–H groups in total. The van der Waals surface area contributed by atoms with E-state index in [-0.39, 0.29) is 5.91 Å². The maximum absolute atomic E-state index is 11.5. The maximum atomic E-state index is 11.5. The van der Waals surface area contributed by atoms with Crippen LogP contribution in [0.5, 0.6) is 0 Å². The molecular weight excluding hydrogens is 294 g/mol. The Morgan fingerprint density at radius 2 is 1.96 bits per heavy atom. The average molecular weight is 313 g/mol. The third kappa shape index (κ3) is 4.35. The zero-order chi connectivity index (χ0) is 15.9. The minimum Gasteiger partial charge on any atom is -0.370 e. The molecule has 1 amide bonds. The molecule has 1 aliphatic heterocycles. The lowest BCUT2D eigenvalue weighted by atomic mass is 10.4. The fraction of sp³-hybridized carbons (Fsp3) is 0.400. The predicted octanol–water partition coefficient (Wildman–Crippen LogP) is 1.43. The smallest absolute Gasteiger partial charge is 0.231 e. The summed E-state index contributed by atoms with van der Waals surface area (Å²) in [6.07, 6.45) is 7.53. The first-order valence-electron chi connectivity index (χ1n) is 7.70. The summed E-state index contributed by atoms with van der Waals surface area (Å²) in [5, 5.41) is 6.19. The van der Waals surface area contributed by atoms with Crippen molar-refractivity contribution in [2.24, 2.45) is 0 Å². The standard InChI is InChI=1S/C15H19N7O/c23-13-4-1-10-22(13)11-3-8-16-12-5-9-19-15(20-12)21-14-17-6-2-7-18-14/h2,5-7,9H,1,3-4,8,10-11H2,(H2,16,17,18,19,20,21). The molecule has 0 spiro atoms. The SMILES string of the molecule is O=C1CCCN1CCCNc1ccnc(Nc2ncccn2)n1. The van der Waals surface area contributed by atoms with Gasteiger partial charge < -0.3 is 10.2 Å². The summed E-state index contributed by atoms with van der Waals surface area (Å²) in [4.78, 5) is 30.1. The molecule has 0 atom stereocenters. The number of carbonyl (C=O) groups excluding carboxylic acids is 1. The highest BCUT2D eigenvalue weighted by Crippen LogP contribution is 2.11. The summed E-state index contributed by atoms with van der Waals surface area (Å²) in [7, 11) is 0. The molecule has 120 valence electrons. The Labute approximate surface area is 134 Å². The van der Waals surface area contributed by atoms with Crippen LogP contribution in [0.15, 0.2) is 30.7 Å². The second-order valence-electron chi connectivity index (χ2n) is 5.23. The highest BCUT2D eigenvalue weighted by molar-refractivity contribution is 5.78. The highest BCUT2D eigenvalue weighted by atomic mass is 16.2. The van der Waals surface area contributed by atoms with Gasteiger partial charge in [-0.3, -0.25) is 10.1 Å². The molecule has 1 fully saturated rings. The van der Waals surface area contributed by atoms with Crippen LogP contribution in [0, 0.1) is 0 Å². The predicted molar refractivity (Wildman–Crippen MR) is 86.3 cm³/mol. The Kier molecular flexibility index (Phi) is 4.92. The summed E-state index contributed by atoms with van der Waals surface area (Å²) < 4.78 is 0. The molecule has 23 heavy (non-hydrogen) atoms. The topological polar surface area (TPSA) is 95.9 Å². The summed E-state index contributed by atoms with van der Waals surface area (Å²) in [5.41, 5.74) is 0. The molecular formula is C15H19N7O. The fourth-order valence-corrected chi connectivity index (χ4v) is 2.41. The largest absolute Gasteiger partial charge is 0.370 e. The van der Waals surface area contributed by atoms with Crippen LogP contribution in [0.1, 0.15) is 19.3 Å². The van der Waals surface area contributed by atoms with Crippen molar-refractivity contribution in [3.8, 4) is 0 Å². The van der Waals surface area contributed by atoms with E-state index in [1.165, 1.54) is 0 Å². The van der Waals surface area contributed by atoms with Gasteiger partial charge >= 0.3 is 0 Å². The van der Waals surface area contributed by atoms with Crippen LogP contribution >= 0.6 is 0 Å². The lowest BCUT2D eigenvalue weighted by Gasteiger charge is -2.15. The van der Waals surface area contributed by atoms with Gasteiger partial charge in [0.25, 0.3) is 0 Å². The average Bonchev–Trinajstić information content (AvgIpc) is 2.98. The summed E-state index contributed by atoms with van der Waals surface area (Å²) >= 11 is 0. The zero-order valence-electron chi connectivity index (χ0n) is 12.8. The third-order valence-corrected chi connectivity index (χ3v) is 3.53. The van der Waals surface area contributed by atoms with E-state index in [2.05, 4.69) is 30.6 Å². The first-order chi connectivity index (χ1) is 11.3. The van der Waals surface area contributed by atoms with E-state index >= 15 is 0 Å². The van der Waals surface area contributed by atoms with E-state index in [1.807, 2.05) is 4.90 Å². The number of aromatic nitrogens is 4. The van der Waals surface area contributed by atoms with E-state index in [0.717, 1.165) is 38.3 Å². The minimum atomic E-state index is 0.265. The molecule has 3 heterocycles. The number of hydrogen-bond donors (Lipinski definition) is 2. The molecule has 0 radical (unpaired) electrons. The molecule has 1 saturated heterocycles. The fourth-order valence-electron chi connectivity index (χ4n) is 2.41. The van der Waals surface area contributed by atoms with Crippen molar-refractivity contribution in [1.29, 1.82) is 0 Å². The highest BCUT2D eigenvalue weighted by Gasteiger charge is 2.18. The van der Waals surface area contributed by atoms with Gasteiger partial charge in [0.2, 0.25) is 17.8 Å². The van der Waals surface area contributed by atoms with Crippen LogP contribution in [0.25, 0.3) is 0 Å². The van der Waals surface area contributed by atoms with Crippen molar-refractivity contribution in [2.75, 3.05) is 30.3 Å². The molecule has 0 aliphatic carbocycles. The van der Waals surface area contributed by atoms with Gasteiger partial charge in [-0.05, 0) is 25.0 Å². The van der Waals surface area contributed by atoms with Crippen molar-refractivity contribution in [3.05, 3.63) is 30.7 Å². The third-order valence-electron chi connectivity index (χ3n) is 3.53. The van der Waals surface area contributed by atoms with Crippen LogP contribution in [0.4, 0.5) is 17.7 Å². The van der Waals surface area contributed by atoms with Crippen LogP contribution < -0.4 is 10.6 Å². The van der Waals surface area contributed by atoms with E-state index in [1.54, 1.807) is 30.7 Å². The number of nitrogens with zero attached hydrogens (tertiary/aromatic N) is 5. The van der Waals surface area contributed by atoms with Crippen molar-refractivity contribution in [2.45, 2.75) is 19.3 Å². The van der Waals surface area contributed by atoms with Gasteiger partial charge in [0.1, 0.15) is 5.82 Å². The van der Waals surface area contributed by atoms with Crippen molar-refractivity contribution >= 4 is 23.6 Å². The van der Waals surface area contributed by atoms with Crippen LogP contribution in [0.2, 0.25) is 0 Å².